The minimum Gasteiger partial charge on any atom is -0.378 e. The third kappa shape index (κ3) is 4.82. The summed E-state index contributed by atoms with van der Waals surface area (Å²) in [5.74, 6) is 0. The SMILES string of the molecule is CN(C)c1ccc(CNCc2ccn(CC(F)F)n2)cc1. The van der Waals surface area contributed by atoms with Crippen LogP contribution in [0.1, 0.15) is 11.3 Å². The Bertz CT molecular complexity index is 549. The molecule has 1 aromatic heterocycles. The molecule has 0 amide bonds. The molecule has 0 saturated heterocycles. The fourth-order valence-corrected chi connectivity index (χ4v) is 1.99. The van der Waals surface area contributed by atoms with Gasteiger partial charge in [0, 0.05) is 39.1 Å². The van der Waals surface area contributed by atoms with Crippen molar-refractivity contribution < 1.29 is 8.78 Å². The van der Waals surface area contributed by atoms with Crippen molar-refractivity contribution in [1.82, 2.24) is 15.1 Å². The lowest BCUT2D eigenvalue weighted by Crippen LogP contribution is -2.14. The van der Waals surface area contributed by atoms with Crippen molar-refractivity contribution in [3.63, 3.8) is 0 Å². The summed E-state index contributed by atoms with van der Waals surface area (Å²) in [6, 6.07) is 10.0. The van der Waals surface area contributed by atoms with E-state index >= 15 is 0 Å². The molecular weight excluding hydrogens is 274 g/mol. The number of nitrogens with zero attached hydrogens (tertiary/aromatic N) is 3. The van der Waals surface area contributed by atoms with Gasteiger partial charge in [0.2, 0.25) is 0 Å². The quantitative estimate of drug-likeness (QED) is 0.852. The van der Waals surface area contributed by atoms with E-state index in [0.717, 1.165) is 17.9 Å². The highest BCUT2D eigenvalue weighted by molar-refractivity contribution is 5.45. The van der Waals surface area contributed by atoms with E-state index in [1.54, 1.807) is 12.3 Å². The van der Waals surface area contributed by atoms with Crippen LogP contribution in [0.3, 0.4) is 0 Å². The second-order valence-electron chi connectivity index (χ2n) is 5.08. The van der Waals surface area contributed by atoms with Gasteiger partial charge in [-0.15, -0.1) is 0 Å². The van der Waals surface area contributed by atoms with E-state index in [4.69, 9.17) is 0 Å². The average Bonchev–Trinajstić information content (AvgIpc) is 2.86. The van der Waals surface area contributed by atoms with Crippen LogP contribution in [-0.2, 0) is 19.6 Å². The highest BCUT2D eigenvalue weighted by Gasteiger charge is 2.05. The third-order valence-electron chi connectivity index (χ3n) is 3.11. The molecule has 2 rings (SSSR count). The first-order valence-electron chi connectivity index (χ1n) is 6.82. The van der Waals surface area contributed by atoms with Crippen LogP contribution in [0, 0.1) is 0 Å². The van der Waals surface area contributed by atoms with E-state index in [1.807, 2.05) is 19.0 Å². The number of anilines is 1. The van der Waals surface area contributed by atoms with E-state index in [9.17, 15) is 8.78 Å². The molecule has 114 valence electrons. The van der Waals surface area contributed by atoms with Crippen LogP contribution < -0.4 is 10.2 Å². The first kappa shape index (κ1) is 15.4. The summed E-state index contributed by atoms with van der Waals surface area (Å²) in [5.41, 5.74) is 3.10. The maximum absolute atomic E-state index is 12.2. The Hall–Kier alpha value is -1.95. The third-order valence-corrected chi connectivity index (χ3v) is 3.11. The summed E-state index contributed by atoms with van der Waals surface area (Å²) < 4.78 is 25.7. The zero-order chi connectivity index (χ0) is 15.2. The molecule has 0 aliphatic carbocycles. The van der Waals surface area contributed by atoms with E-state index in [1.165, 1.54) is 10.2 Å². The average molecular weight is 294 g/mol. The van der Waals surface area contributed by atoms with Gasteiger partial charge in [0.05, 0.1) is 5.69 Å². The highest BCUT2D eigenvalue weighted by atomic mass is 19.3. The van der Waals surface area contributed by atoms with Crippen LogP contribution in [0.15, 0.2) is 36.5 Å². The van der Waals surface area contributed by atoms with Crippen molar-refractivity contribution in [3.05, 3.63) is 47.8 Å². The van der Waals surface area contributed by atoms with Crippen molar-refractivity contribution in [2.75, 3.05) is 19.0 Å². The number of rotatable bonds is 7. The molecule has 0 bridgehead atoms. The predicted octanol–water partition coefficient (Wildman–Crippen LogP) is 2.50. The second-order valence-corrected chi connectivity index (χ2v) is 5.08. The predicted molar refractivity (Wildman–Crippen MR) is 79.5 cm³/mol. The van der Waals surface area contributed by atoms with Crippen molar-refractivity contribution in [2.24, 2.45) is 0 Å². The van der Waals surface area contributed by atoms with Crippen LogP contribution in [-0.4, -0.2) is 30.3 Å². The first-order valence-corrected chi connectivity index (χ1v) is 6.82. The van der Waals surface area contributed by atoms with Crippen LogP contribution in [0.5, 0.6) is 0 Å². The van der Waals surface area contributed by atoms with Gasteiger partial charge >= 0.3 is 0 Å². The summed E-state index contributed by atoms with van der Waals surface area (Å²) in [4.78, 5) is 2.05. The van der Waals surface area contributed by atoms with Gasteiger partial charge in [-0.2, -0.15) is 5.10 Å². The number of benzene rings is 1. The number of nitrogens with one attached hydrogen (secondary N) is 1. The molecule has 1 heterocycles. The lowest BCUT2D eigenvalue weighted by Gasteiger charge is -2.12. The van der Waals surface area contributed by atoms with Crippen molar-refractivity contribution in [3.8, 4) is 0 Å². The summed E-state index contributed by atoms with van der Waals surface area (Å²) in [7, 11) is 4.01. The largest absolute Gasteiger partial charge is 0.378 e. The Morgan fingerprint density at radius 3 is 2.48 bits per heavy atom. The minimum absolute atomic E-state index is 0.355. The summed E-state index contributed by atoms with van der Waals surface area (Å²) in [5, 5.41) is 7.34. The molecule has 0 radical (unpaired) electrons. The van der Waals surface area contributed by atoms with Gasteiger partial charge in [0.25, 0.3) is 6.43 Å². The maximum Gasteiger partial charge on any atom is 0.257 e. The van der Waals surface area contributed by atoms with Gasteiger partial charge in [-0.25, -0.2) is 8.78 Å². The molecule has 6 heteroatoms. The highest BCUT2D eigenvalue weighted by Crippen LogP contribution is 2.12. The zero-order valence-corrected chi connectivity index (χ0v) is 12.3. The standard InChI is InChI=1S/C15H20F2N4/c1-20(2)14-5-3-12(4-6-14)9-18-10-13-7-8-21(19-13)11-15(16)17/h3-8,15,18H,9-11H2,1-2H3. The number of hydrogen-bond donors (Lipinski definition) is 1. The topological polar surface area (TPSA) is 33.1 Å². The van der Waals surface area contributed by atoms with Crippen LogP contribution in [0.4, 0.5) is 14.5 Å². The molecule has 4 nitrogen and oxygen atoms in total. The summed E-state index contributed by atoms with van der Waals surface area (Å²) in [6.45, 7) is 0.924. The van der Waals surface area contributed by atoms with Crippen molar-refractivity contribution >= 4 is 5.69 Å². The molecule has 0 aliphatic heterocycles. The lowest BCUT2D eigenvalue weighted by molar-refractivity contribution is 0.121. The Balaban J connectivity index is 1.79. The Kier molecular flexibility index (Phi) is 5.27. The van der Waals surface area contributed by atoms with Gasteiger partial charge in [-0.05, 0) is 23.8 Å². The maximum atomic E-state index is 12.2. The van der Waals surface area contributed by atoms with Crippen LogP contribution in [0.2, 0.25) is 0 Å². The van der Waals surface area contributed by atoms with E-state index in [2.05, 4.69) is 34.7 Å². The summed E-state index contributed by atoms with van der Waals surface area (Å²) in [6.07, 6.45) is -0.796. The molecule has 0 atom stereocenters. The van der Waals surface area contributed by atoms with Gasteiger partial charge in [0.1, 0.15) is 6.54 Å². The van der Waals surface area contributed by atoms with Gasteiger partial charge in [-0.3, -0.25) is 4.68 Å². The molecular formula is C15H20F2N4. The molecule has 0 fully saturated rings. The molecule has 0 saturated carbocycles. The number of halogens is 2. The number of aromatic nitrogens is 2. The second kappa shape index (κ2) is 7.17. The zero-order valence-electron chi connectivity index (χ0n) is 12.3. The molecule has 1 aromatic carbocycles. The monoisotopic (exact) mass is 294 g/mol. The normalized spacial score (nSPS) is 11.1. The fraction of sp³-hybridized carbons (Fsp3) is 0.400. The van der Waals surface area contributed by atoms with Crippen molar-refractivity contribution in [1.29, 1.82) is 0 Å². The molecule has 1 N–H and O–H groups in total. The van der Waals surface area contributed by atoms with Gasteiger partial charge in [0.15, 0.2) is 0 Å². The lowest BCUT2D eigenvalue weighted by atomic mass is 10.2. The van der Waals surface area contributed by atoms with Crippen molar-refractivity contribution in [2.45, 2.75) is 26.1 Å². The fourth-order valence-electron chi connectivity index (χ4n) is 1.99. The molecule has 2 aromatic rings. The van der Waals surface area contributed by atoms with Gasteiger partial charge < -0.3 is 10.2 Å². The van der Waals surface area contributed by atoms with Crippen LogP contribution in [0.25, 0.3) is 0 Å². The molecule has 0 aliphatic rings. The van der Waals surface area contributed by atoms with E-state index < -0.39 is 6.43 Å². The number of hydrogen-bond acceptors (Lipinski definition) is 3. The van der Waals surface area contributed by atoms with E-state index in [0.29, 0.717) is 6.54 Å². The smallest absolute Gasteiger partial charge is 0.257 e. The molecule has 0 spiro atoms. The Labute approximate surface area is 123 Å². The Morgan fingerprint density at radius 2 is 1.86 bits per heavy atom. The van der Waals surface area contributed by atoms with Gasteiger partial charge in [-0.1, -0.05) is 12.1 Å². The molecule has 21 heavy (non-hydrogen) atoms. The number of alkyl halides is 2. The Morgan fingerprint density at radius 1 is 1.14 bits per heavy atom. The van der Waals surface area contributed by atoms with E-state index in [-0.39, 0.29) is 6.54 Å². The van der Waals surface area contributed by atoms with Crippen LogP contribution >= 0.6 is 0 Å². The summed E-state index contributed by atoms with van der Waals surface area (Å²) >= 11 is 0. The minimum atomic E-state index is -2.37. The molecule has 0 unspecified atom stereocenters. The first-order chi connectivity index (χ1) is 10.0.